The summed E-state index contributed by atoms with van der Waals surface area (Å²) in [6, 6.07) is 4.91. The minimum absolute atomic E-state index is 0.285. The summed E-state index contributed by atoms with van der Waals surface area (Å²) < 4.78 is 19.5. The van der Waals surface area contributed by atoms with Crippen LogP contribution in [-0.2, 0) is 0 Å². The molecule has 0 saturated carbocycles. The lowest BCUT2D eigenvalue weighted by Crippen LogP contribution is -2.41. The Hall–Kier alpha value is -0.650. The van der Waals surface area contributed by atoms with Gasteiger partial charge in [-0.3, -0.25) is 4.90 Å². The van der Waals surface area contributed by atoms with Crippen molar-refractivity contribution in [2.75, 3.05) is 26.2 Å². The third kappa shape index (κ3) is 4.72. The number of rotatable bonds is 5. The smallest absolute Gasteiger partial charge is 0.128 e. The number of ether oxygens (including phenoxy) is 1. The number of nitrogens with zero attached hydrogens (tertiary/aromatic N) is 1. The van der Waals surface area contributed by atoms with Crippen LogP contribution in [0.5, 0.6) is 5.75 Å². The standard InChI is InChI=1S/C15H22BrFN2O/c1-11(18)12-2-4-19(5-3-12)6-7-20-15-9-13(16)8-14(17)10-15/h8-12H,2-7,18H2,1H3. The van der Waals surface area contributed by atoms with Crippen molar-refractivity contribution in [3.63, 3.8) is 0 Å². The molecule has 0 aliphatic carbocycles. The molecule has 20 heavy (non-hydrogen) atoms. The van der Waals surface area contributed by atoms with E-state index in [0.717, 1.165) is 32.5 Å². The molecule has 1 fully saturated rings. The highest BCUT2D eigenvalue weighted by molar-refractivity contribution is 9.10. The average molecular weight is 345 g/mol. The van der Waals surface area contributed by atoms with Gasteiger partial charge in [0.05, 0.1) is 0 Å². The fourth-order valence-electron chi connectivity index (χ4n) is 2.61. The van der Waals surface area contributed by atoms with Gasteiger partial charge in [0.25, 0.3) is 0 Å². The van der Waals surface area contributed by atoms with Crippen LogP contribution in [0, 0.1) is 11.7 Å². The molecule has 0 bridgehead atoms. The van der Waals surface area contributed by atoms with Crippen LogP contribution < -0.4 is 10.5 Å². The van der Waals surface area contributed by atoms with E-state index in [1.54, 1.807) is 6.07 Å². The fourth-order valence-corrected chi connectivity index (χ4v) is 3.05. The van der Waals surface area contributed by atoms with Gasteiger partial charge in [-0.1, -0.05) is 15.9 Å². The van der Waals surface area contributed by atoms with Crippen LogP contribution in [0.1, 0.15) is 19.8 Å². The Bertz CT molecular complexity index is 414. The zero-order valence-corrected chi connectivity index (χ0v) is 13.4. The maximum Gasteiger partial charge on any atom is 0.128 e. The second-order valence-electron chi connectivity index (χ2n) is 5.49. The number of nitrogens with two attached hydrogens (primary N) is 1. The minimum atomic E-state index is -0.285. The van der Waals surface area contributed by atoms with E-state index in [2.05, 4.69) is 27.8 Å². The van der Waals surface area contributed by atoms with Gasteiger partial charge in [0.2, 0.25) is 0 Å². The third-order valence-electron chi connectivity index (χ3n) is 3.89. The van der Waals surface area contributed by atoms with Gasteiger partial charge in [-0.25, -0.2) is 4.39 Å². The minimum Gasteiger partial charge on any atom is -0.492 e. The van der Waals surface area contributed by atoms with Crippen molar-refractivity contribution in [3.05, 3.63) is 28.5 Å². The van der Waals surface area contributed by atoms with Crippen molar-refractivity contribution in [3.8, 4) is 5.75 Å². The Kier molecular flexibility index (Phi) is 5.81. The van der Waals surface area contributed by atoms with Crippen molar-refractivity contribution >= 4 is 15.9 Å². The van der Waals surface area contributed by atoms with Crippen LogP contribution in [-0.4, -0.2) is 37.2 Å². The molecule has 0 amide bonds. The molecule has 1 unspecified atom stereocenters. The monoisotopic (exact) mass is 344 g/mol. The predicted molar refractivity (Wildman–Crippen MR) is 82.4 cm³/mol. The van der Waals surface area contributed by atoms with Crippen LogP contribution in [0.4, 0.5) is 4.39 Å². The number of likely N-dealkylation sites (tertiary alicyclic amines) is 1. The molecule has 1 aromatic carbocycles. The molecule has 1 saturated heterocycles. The van der Waals surface area contributed by atoms with E-state index in [1.807, 2.05) is 0 Å². The molecule has 0 radical (unpaired) electrons. The Morgan fingerprint density at radius 1 is 1.40 bits per heavy atom. The molecular weight excluding hydrogens is 323 g/mol. The first-order valence-electron chi connectivity index (χ1n) is 7.11. The topological polar surface area (TPSA) is 38.5 Å². The summed E-state index contributed by atoms with van der Waals surface area (Å²) in [5.74, 6) is 0.931. The maximum atomic E-state index is 13.2. The maximum absolute atomic E-state index is 13.2. The molecule has 1 aliphatic rings. The van der Waals surface area contributed by atoms with Crippen molar-refractivity contribution in [1.29, 1.82) is 0 Å². The predicted octanol–water partition coefficient (Wildman–Crippen LogP) is 3.03. The van der Waals surface area contributed by atoms with Gasteiger partial charge in [0, 0.05) is 23.1 Å². The molecule has 0 aromatic heterocycles. The lowest BCUT2D eigenvalue weighted by molar-refractivity contribution is 0.147. The number of benzene rings is 1. The Balaban J connectivity index is 1.71. The first kappa shape index (κ1) is 15.7. The van der Waals surface area contributed by atoms with Crippen molar-refractivity contribution in [2.24, 2.45) is 11.7 Å². The molecule has 1 heterocycles. The summed E-state index contributed by atoms with van der Waals surface area (Å²) in [6.07, 6.45) is 2.31. The number of piperidine rings is 1. The average Bonchev–Trinajstić information content (AvgIpc) is 2.38. The van der Waals surface area contributed by atoms with Crippen molar-refractivity contribution in [1.82, 2.24) is 4.90 Å². The van der Waals surface area contributed by atoms with Gasteiger partial charge < -0.3 is 10.5 Å². The van der Waals surface area contributed by atoms with E-state index in [9.17, 15) is 4.39 Å². The summed E-state index contributed by atoms with van der Waals surface area (Å²) in [7, 11) is 0. The largest absolute Gasteiger partial charge is 0.492 e. The highest BCUT2D eigenvalue weighted by Gasteiger charge is 2.21. The quantitative estimate of drug-likeness (QED) is 0.892. The number of hydrogen-bond acceptors (Lipinski definition) is 3. The van der Waals surface area contributed by atoms with Gasteiger partial charge >= 0.3 is 0 Å². The molecule has 1 aliphatic heterocycles. The van der Waals surface area contributed by atoms with Gasteiger partial charge in [-0.15, -0.1) is 0 Å². The number of hydrogen-bond donors (Lipinski definition) is 1. The highest BCUT2D eigenvalue weighted by Crippen LogP contribution is 2.21. The van der Waals surface area contributed by atoms with Crippen LogP contribution in [0.15, 0.2) is 22.7 Å². The Labute approximate surface area is 128 Å². The summed E-state index contributed by atoms with van der Waals surface area (Å²) in [5, 5.41) is 0. The lowest BCUT2D eigenvalue weighted by atomic mass is 9.91. The first-order valence-corrected chi connectivity index (χ1v) is 7.91. The van der Waals surface area contributed by atoms with Gasteiger partial charge in [0.15, 0.2) is 0 Å². The van der Waals surface area contributed by atoms with Crippen LogP contribution in [0.3, 0.4) is 0 Å². The van der Waals surface area contributed by atoms with E-state index in [-0.39, 0.29) is 11.9 Å². The lowest BCUT2D eigenvalue weighted by Gasteiger charge is -2.33. The molecule has 112 valence electrons. The second-order valence-corrected chi connectivity index (χ2v) is 6.41. The SMILES string of the molecule is CC(N)C1CCN(CCOc2cc(F)cc(Br)c2)CC1. The summed E-state index contributed by atoms with van der Waals surface area (Å²) in [6.45, 7) is 5.69. The molecule has 0 spiro atoms. The number of halogens is 2. The summed E-state index contributed by atoms with van der Waals surface area (Å²) >= 11 is 3.26. The third-order valence-corrected chi connectivity index (χ3v) is 4.35. The van der Waals surface area contributed by atoms with E-state index in [4.69, 9.17) is 10.5 Å². The Morgan fingerprint density at radius 2 is 2.10 bits per heavy atom. The summed E-state index contributed by atoms with van der Waals surface area (Å²) in [5.41, 5.74) is 5.93. The zero-order chi connectivity index (χ0) is 14.5. The van der Waals surface area contributed by atoms with E-state index in [1.165, 1.54) is 12.1 Å². The highest BCUT2D eigenvalue weighted by atomic mass is 79.9. The molecule has 1 aromatic rings. The molecule has 2 rings (SSSR count). The molecule has 1 atom stereocenters. The normalized spacial score (nSPS) is 19.0. The molecule has 2 N–H and O–H groups in total. The Morgan fingerprint density at radius 3 is 2.70 bits per heavy atom. The first-order chi connectivity index (χ1) is 9.54. The van der Waals surface area contributed by atoms with E-state index >= 15 is 0 Å². The van der Waals surface area contributed by atoms with Crippen LogP contribution in [0.25, 0.3) is 0 Å². The van der Waals surface area contributed by atoms with E-state index in [0.29, 0.717) is 22.7 Å². The van der Waals surface area contributed by atoms with Gasteiger partial charge in [-0.05, 0) is 50.9 Å². The summed E-state index contributed by atoms with van der Waals surface area (Å²) in [4.78, 5) is 2.38. The van der Waals surface area contributed by atoms with E-state index < -0.39 is 0 Å². The van der Waals surface area contributed by atoms with Crippen molar-refractivity contribution < 1.29 is 9.13 Å². The van der Waals surface area contributed by atoms with Gasteiger partial charge in [-0.2, -0.15) is 0 Å². The van der Waals surface area contributed by atoms with Crippen LogP contribution in [0.2, 0.25) is 0 Å². The van der Waals surface area contributed by atoms with Gasteiger partial charge in [0.1, 0.15) is 18.2 Å². The zero-order valence-electron chi connectivity index (χ0n) is 11.8. The molecular formula is C15H22BrFN2O. The molecule has 3 nitrogen and oxygen atoms in total. The second kappa shape index (κ2) is 7.38. The van der Waals surface area contributed by atoms with Crippen molar-refractivity contribution in [2.45, 2.75) is 25.8 Å². The molecule has 5 heteroatoms. The fraction of sp³-hybridized carbons (Fsp3) is 0.600. The van der Waals surface area contributed by atoms with Crippen LogP contribution >= 0.6 is 15.9 Å².